The molecular weight excluding hydrogens is 160 g/mol. The highest BCUT2D eigenvalue weighted by Crippen LogP contribution is 2.35. The van der Waals surface area contributed by atoms with Gasteiger partial charge in [-0.15, -0.1) is 0 Å². The van der Waals surface area contributed by atoms with Crippen LogP contribution in [0, 0.1) is 5.92 Å². The van der Waals surface area contributed by atoms with E-state index in [4.69, 9.17) is 0 Å². The van der Waals surface area contributed by atoms with Crippen LogP contribution in [0.15, 0.2) is 0 Å². The highest BCUT2D eigenvalue weighted by atomic mass is 19.3. The second-order valence-electron chi connectivity index (χ2n) is 3.97. The standard InChI is InChI=1S/C9H17F2N/c1-9(12-2,8(10)11)6-7-4-3-5-7/h7-8,12H,3-6H2,1-2H3. The Morgan fingerprint density at radius 1 is 1.50 bits per heavy atom. The Labute approximate surface area is 72.5 Å². The molecule has 0 spiro atoms. The van der Waals surface area contributed by atoms with Crippen molar-refractivity contribution in [3.8, 4) is 0 Å². The summed E-state index contributed by atoms with van der Waals surface area (Å²) in [6.07, 6.45) is 1.83. The van der Waals surface area contributed by atoms with Crippen LogP contribution in [0.3, 0.4) is 0 Å². The molecule has 72 valence electrons. The topological polar surface area (TPSA) is 12.0 Å². The summed E-state index contributed by atoms with van der Waals surface area (Å²) in [6, 6.07) is 0. The van der Waals surface area contributed by atoms with Gasteiger partial charge in [0.1, 0.15) is 0 Å². The molecule has 12 heavy (non-hydrogen) atoms. The molecule has 0 aromatic heterocycles. The summed E-state index contributed by atoms with van der Waals surface area (Å²) in [5.41, 5.74) is -0.967. The van der Waals surface area contributed by atoms with Crippen LogP contribution in [0.4, 0.5) is 8.78 Å². The Morgan fingerprint density at radius 3 is 2.33 bits per heavy atom. The molecule has 0 aromatic rings. The third-order valence-corrected chi connectivity index (χ3v) is 2.99. The zero-order chi connectivity index (χ0) is 9.19. The molecule has 1 aliphatic rings. The largest absolute Gasteiger partial charge is 0.310 e. The first kappa shape index (κ1) is 9.90. The first-order valence-corrected chi connectivity index (χ1v) is 4.55. The summed E-state index contributed by atoms with van der Waals surface area (Å²) in [5.74, 6) is 0.524. The fraction of sp³-hybridized carbons (Fsp3) is 1.00. The Kier molecular flexibility index (Phi) is 3.04. The molecule has 0 bridgehead atoms. The van der Waals surface area contributed by atoms with Crippen molar-refractivity contribution in [2.24, 2.45) is 5.92 Å². The van der Waals surface area contributed by atoms with Crippen molar-refractivity contribution in [3.63, 3.8) is 0 Å². The van der Waals surface area contributed by atoms with E-state index in [1.165, 1.54) is 6.42 Å². The van der Waals surface area contributed by atoms with E-state index in [-0.39, 0.29) is 0 Å². The van der Waals surface area contributed by atoms with Gasteiger partial charge in [0.05, 0.1) is 5.54 Å². The summed E-state index contributed by atoms with van der Waals surface area (Å²) >= 11 is 0. The van der Waals surface area contributed by atoms with Gasteiger partial charge in [0.15, 0.2) is 0 Å². The third-order valence-electron chi connectivity index (χ3n) is 2.99. The predicted molar refractivity (Wildman–Crippen MR) is 45.4 cm³/mol. The molecule has 1 aliphatic carbocycles. The maximum Gasteiger partial charge on any atom is 0.256 e. The van der Waals surface area contributed by atoms with Gasteiger partial charge < -0.3 is 5.32 Å². The van der Waals surface area contributed by atoms with E-state index in [1.54, 1.807) is 14.0 Å². The molecule has 1 saturated carbocycles. The lowest BCUT2D eigenvalue weighted by atomic mass is 9.76. The van der Waals surface area contributed by atoms with Crippen LogP contribution < -0.4 is 5.32 Å². The minimum Gasteiger partial charge on any atom is -0.310 e. The first-order chi connectivity index (χ1) is 5.58. The molecule has 1 unspecified atom stereocenters. The van der Waals surface area contributed by atoms with E-state index in [0.29, 0.717) is 12.3 Å². The quantitative estimate of drug-likeness (QED) is 0.695. The van der Waals surface area contributed by atoms with E-state index in [9.17, 15) is 8.78 Å². The predicted octanol–water partition coefficient (Wildman–Crippen LogP) is 2.42. The van der Waals surface area contributed by atoms with Crippen molar-refractivity contribution < 1.29 is 8.78 Å². The average Bonchev–Trinajstić information content (AvgIpc) is 1.96. The number of halogens is 2. The number of alkyl halides is 2. The van der Waals surface area contributed by atoms with Gasteiger partial charge in [-0.3, -0.25) is 0 Å². The van der Waals surface area contributed by atoms with Crippen molar-refractivity contribution >= 4 is 0 Å². The Bertz CT molecular complexity index is 145. The summed E-state index contributed by atoms with van der Waals surface area (Å²) < 4.78 is 25.1. The SMILES string of the molecule is CNC(C)(CC1CCC1)C(F)F. The minimum atomic E-state index is -2.26. The molecule has 0 heterocycles. The lowest BCUT2D eigenvalue weighted by Crippen LogP contribution is -2.48. The van der Waals surface area contributed by atoms with Crippen LogP contribution in [0.2, 0.25) is 0 Å². The van der Waals surface area contributed by atoms with Gasteiger partial charge in [0, 0.05) is 0 Å². The molecule has 0 aromatic carbocycles. The van der Waals surface area contributed by atoms with E-state index in [1.807, 2.05) is 0 Å². The Hall–Kier alpha value is -0.180. The Balaban J connectivity index is 2.41. The molecule has 3 heteroatoms. The smallest absolute Gasteiger partial charge is 0.256 e. The zero-order valence-electron chi connectivity index (χ0n) is 7.74. The van der Waals surface area contributed by atoms with Crippen molar-refractivity contribution in [1.82, 2.24) is 5.32 Å². The van der Waals surface area contributed by atoms with Crippen molar-refractivity contribution in [2.45, 2.75) is 44.6 Å². The molecule has 0 radical (unpaired) electrons. The van der Waals surface area contributed by atoms with Crippen molar-refractivity contribution in [1.29, 1.82) is 0 Å². The summed E-state index contributed by atoms with van der Waals surface area (Å²) in [4.78, 5) is 0. The fourth-order valence-corrected chi connectivity index (χ4v) is 1.60. The number of rotatable bonds is 4. The van der Waals surface area contributed by atoms with Crippen LogP contribution in [0.1, 0.15) is 32.6 Å². The third kappa shape index (κ3) is 1.94. The molecule has 1 nitrogen and oxygen atoms in total. The minimum absolute atomic E-state index is 0.524. The first-order valence-electron chi connectivity index (χ1n) is 4.55. The van der Waals surface area contributed by atoms with Gasteiger partial charge in [0.2, 0.25) is 0 Å². The summed E-state index contributed by atoms with van der Waals surface area (Å²) in [5, 5.41) is 2.73. The molecule has 0 aliphatic heterocycles. The van der Waals surface area contributed by atoms with E-state index in [2.05, 4.69) is 5.32 Å². The van der Waals surface area contributed by atoms with Crippen molar-refractivity contribution in [2.75, 3.05) is 7.05 Å². The maximum absolute atomic E-state index is 12.5. The Morgan fingerprint density at radius 2 is 2.08 bits per heavy atom. The van der Waals surface area contributed by atoms with Crippen LogP contribution >= 0.6 is 0 Å². The van der Waals surface area contributed by atoms with Gasteiger partial charge in [0.25, 0.3) is 6.43 Å². The van der Waals surface area contributed by atoms with E-state index >= 15 is 0 Å². The molecular formula is C9H17F2N. The van der Waals surface area contributed by atoms with Crippen LogP contribution in [0.25, 0.3) is 0 Å². The molecule has 0 amide bonds. The van der Waals surface area contributed by atoms with Crippen LogP contribution in [0.5, 0.6) is 0 Å². The molecule has 1 atom stereocenters. The van der Waals surface area contributed by atoms with Gasteiger partial charge in [-0.1, -0.05) is 19.3 Å². The fourth-order valence-electron chi connectivity index (χ4n) is 1.60. The zero-order valence-corrected chi connectivity index (χ0v) is 7.74. The number of nitrogens with one attached hydrogen (secondary N) is 1. The average molecular weight is 177 g/mol. The molecule has 0 saturated heterocycles. The van der Waals surface area contributed by atoms with Gasteiger partial charge >= 0.3 is 0 Å². The summed E-state index contributed by atoms with van der Waals surface area (Å²) in [7, 11) is 1.62. The summed E-state index contributed by atoms with van der Waals surface area (Å²) in [6.45, 7) is 1.61. The number of hydrogen-bond donors (Lipinski definition) is 1. The monoisotopic (exact) mass is 177 g/mol. The second kappa shape index (κ2) is 3.69. The second-order valence-corrected chi connectivity index (χ2v) is 3.97. The van der Waals surface area contributed by atoms with Crippen LogP contribution in [-0.4, -0.2) is 19.0 Å². The van der Waals surface area contributed by atoms with Gasteiger partial charge in [-0.25, -0.2) is 8.78 Å². The molecule has 1 rings (SSSR count). The van der Waals surface area contributed by atoms with E-state index in [0.717, 1.165) is 12.8 Å². The normalized spacial score (nSPS) is 23.8. The van der Waals surface area contributed by atoms with Gasteiger partial charge in [-0.05, 0) is 26.3 Å². The van der Waals surface area contributed by atoms with Gasteiger partial charge in [-0.2, -0.15) is 0 Å². The maximum atomic E-state index is 12.5. The van der Waals surface area contributed by atoms with Crippen LogP contribution in [-0.2, 0) is 0 Å². The lowest BCUT2D eigenvalue weighted by molar-refractivity contribution is 0.0214. The number of hydrogen-bond acceptors (Lipinski definition) is 1. The molecule has 1 fully saturated rings. The highest BCUT2D eigenvalue weighted by molar-refractivity contribution is 4.89. The molecule has 1 N–H and O–H groups in total. The highest BCUT2D eigenvalue weighted by Gasteiger charge is 2.37. The van der Waals surface area contributed by atoms with E-state index < -0.39 is 12.0 Å². The lowest BCUT2D eigenvalue weighted by Gasteiger charge is -2.36. The van der Waals surface area contributed by atoms with Crippen molar-refractivity contribution in [3.05, 3.63) is 0 Å².